The van der Waals surface area contributed by atoms with Gasteiger partial charge in [0.2, 0.25) is 0 Å². The molecule has 5 aromatic rings. The highest BCUT2D eigenvalue weighted by molar-refractivity contribution is 6.04. The van der Waals surface area contributed by atoms with Gasteiger partial charge in [-0.15, -0.1) is 0 Å². The van der Waals surface area contributed by atoms with E-state index in [2.05, 4.69) is 15.3 Å². The number of anilines is 1. The van der Waals surface area contributed by atoms with Gasteiger partial charge in [-0.3, -0.25) is 24.0 Å². The number of esters is 1. The number of hydrogen-bond acceptors (Lipinski definition) is 8. The number of nitrogens with zero attached hydrogens (tertiary/aromatic N) is 4. The second-order valence-corrected chi connectivity index (χ2v) is 10.2. The third-order valence-electron chi connectivity index (χ3n) is 6.96. The van der Waals surface area contributed by atoms with Crippen molar-refractivity contribution in [2.75, 3.05) is 12.4 Å². The molecule has 5 rings (SSSR count). The number of para-hydroxylation sites is 1. The lowest BCUT2D eigenvalue weighted by Crippen LogP contribution is -2.29. The van der Waals surface area contributed by atoms with Gasteiger partial charge in [0.05, 0.1) is 36.7 Å². The second-order valence-electron chi connectivity index (χ2n) is 10.2. The zero-order valence-electron chi connectivity index (χ0n) is 24.9. The van der Waals surface area contributed by atoms with Crippen molar-refractivity contribution in [2.24, 2.45) is 0 Å². The fraction of sp³-hybridized carbons (Fsp3) is 0.242. The number of hydrogen-bond donors (Lipinski definition) is 1. The van der Waals surface area contributed by atoms with Crippen LogP contribution in [0.3, 0.4) is 0 Å². The minimum absolute atomic E-state index is 0.0400. The monoisotopic (exact) mass is 595 g/mol. The molecule has 11 heteroatoms. The molecule has 0 aliphatic carbocycles. The maximum absolute atomic E-state index is 13.7. The summed E-state index contributed by atoms with van der Waals surface area (Å²) in [7, 11) is 1.59. The number of amides is 1. The van der Waals surface area contributed by atoms with Crippen LogP contribution in [0.1, 0.15) is 42.7 Å². The molecule has 0 saturated heterocycles. The Morgan fingerprint density at radius 1 is 1.00 bits per heavy atom. The molecule has 1 atom stereocenters. The highest BCUT2D eigenvalue weighted by atomic mass is 16.5. The molecule has 2 aromatic carbocycles. The summed E-state index contributed by atoms with van der Waals surface area (Å²) in [6.07, 6.45) is 3.58. The molecular weight excluding hydrogens is 562 g/mol. The first kappa shape index (κ1) is 30.0. The Bertz CT molecular complexity index is 1850. The van der Waals surface area contributed by atoms with Gasteiger partial charge in [-0.05, 0) is 62.7 Å². The minimum atomic E-state index is -0.609. The molecule has 0 fully saturated rings. The molecular formula is C33H33N5O6. The van der Waals surface area contributed by atoms with E-state index in [4.69, 9.17) is 14.2 Å². The molecule has 1 amide bonds. The van der Waals surface area contributed by atoms with Crippen LogP contribution in [0.25, 0.3) is 16.6 Å². The number of aromatic nitrogens is 4. The van der Waals surface area contributed by atoms with Crippen LogP contribution in [0.5, 0.6) is 17.2 Å². The van der Waals surface area contributed by atoms with Crippen molar-refractivity contribution in [3.05, 3.63) is 101 Å². The molecule has 11 nitrogen and oxygen atoms in total. The molecule has 0 aliphatic rings. The first-order valence-corrected chi connectivity index (χ1v) is 14.2. The molecule has 0 bridgehead atoms. The van der Waals surface area contributed by atoms with Gasteiger partial charge < -0.3 is 19.5 Å². The van der Waals surface area contributed by atoms with Crippen LogP contribution in [-0.4, -0.2) is 44.4 Å². The number of rotatable bonds is 11. The van der Waals surface area contributed by atoms with Gasteiger partial charge in [-0.1, -0.05) is 25.1 Å². The number of ether oxygens (including phenoxy) is 3. The van der Waals surface area contributed by atoms with E-state index in [1.807, 2.05) is 31.2 Å². The first-order chi connectivity index (χ1) is 21.3. The highest BCUT2D eigenvalue weighted by Crippen LogP contribution is 2.30. The number of fused-ring (bicyclic) bond motifs is 1. The summed E-state index contributed by atoms with van der Waals surface area (Å²) < 4.78 is 19.9. The van der Waals surface area contributed by atoms with Crippen LogP contribution in [0.15, 0.2) is 83.9 Å². The van der Waals surface area contributed by atoms with E-state index in [-0.39, 0.29) is 23.9 Å². The Labute approximate surface area is 254 Å². The second kappa shape index (κ2) is 13.2. The smallest absolute Gasteiger partial charge is 0.306 e. The van der Waals surface area contributed by atoms with Gasteiger partial charge in [0.1, 0.15) is 34.7 Å². The van der Waals surface area contributed by atoms with E-state index in [0.29, 0.717) is 41.5 Å². The van der Waals surface area contributed by atoms with Crippen LogP contribution in [0, 0.1) is 6.92 Å². The van der Waals surface area contributed by atoms with E-state index in [1.54, 1.807) is 74.3 Å². The molecule has 3 heterocycles. The van der Waals surface area contributed by atoms with Crippen LogP contribution < -0.4 is 20.3 Å². The van der Waals surface area contributed by atoms with Crippen LogP contribution in [0.4, 0.5) is 5.82 Å². The number of pyridine rings is 2. The predicted octanol–water partition coefficient (Wildman–Crippen LogP) is 5.68. The lowest BCUT2D eigenvalue weighted by atomic mass is 10.2. The van der Waals surface area contributed by atoms with Crippen molar-refractivity contribution in [1.29, 1.82) is 0 Å². The summed E-state index contributed by atoms with van der Waals surface area (Å²) in [6.45, 7) is 5.52. The first-order valence-electron chi connectivity index (χ1n) is 14.2. The average Bonchev–Trinajstić information content (AvgIpc) is 3.26. The molecule has 0 radical (unpaired) electrons. The van der Waals surface area contributed by atoms with Gasteiger partial charge in [-0.2, -0.15) is 0 Å². The fourth-order valence-corrected chi connectivity index (χ4v) is 4.86. The van der Waals surface area contributed by atoms with Gasteiger partial charge in [0.15, 0.2) is 0 Å². The summed E-state index contributed by atoms with van der Waals surface area (Å²) in [4.78, 5) is 47.9. The Morgan fingerprint density at radius 2 is 1.77 bits per heavy atom. The third-order valence-corrected chi connectivity index (χ3v) is 6.96. The summed E-state index contributed by atoms with van der Waals surface area (Å²) in [5.41, 5.74) is 1.18. The van der Waals surface area contributed by atoms with E-state index in [0.717, 1.165) is 10.9 Å². The average molecular weight is 596 g/mol. The third kappa shape index (κ3) is 6.46. The van der Waals surface area contributed by atoms with Crippen molar-refractivity contribution in [3.63, 3.8) is 0 Å². The number of benzene rings is 2. The number of carbonyl (C=O) groups excluding carboxylic acids is 2. The van der Waals surface area contributed by atoms with Crippen LogP contribution in [-0.2, 0) is 16.1 Å². The summed E-state index contributed by atoms with van der Waals surface area (Å²) in [5, 5.41) is 3.53. The van der Waals surface area contributed by atoms with E-state index in [9.17, 15) is 14.4 Å². The zero-order chi connectivity index (χ0) is 31.2. The minimum Gasteiger partial charge on any atom is -0.497 e. The molecule has 44 heavy (non-hydrogen) atoms. The maximum atomic E-state index is 13.7. The van der Waals surface area contributed by atoms with E-state index < -0.39 is 17.6 Å². The molecule has 0 spiro atoms. The Kier molecular flexibility index (Phi) is 9.03. The van der Waals surface area contributed by atoms with Gasteiger partial charge in [0.25, 0.3) is 11.5 Å². The van der Waals surface area contributed by atoms with Gasteiger partial charge in [0, 0.05) is 24.1 Å². The largest absolute Gasteiger partial charge is 0.497 e. The molecule has 3 aromatic heterocycles. The Morgan fingerprint density at radius 3 is 2.48 bits per heavy atom. The normalized spacial score (nSPS) is 11.6. The Balaban J connectivity index is 1.37. The molecule has 1 N–H and O–H groups in total. The van der Waals surface area contributed by atoms with Crippen LogP contribution >= 0.6 is 0 Å². The fourth-order valence-electron chi connectivity index (χ4n) is 4.86. The molecule has 0 saturated carbocycles. The quantitative estimate of drug-likeness (QED) is 0.194. The topological polar surface area (TPSA) is 127 Å². The van der Waals surface area contributed by atoms with Crippen molar-refractivity contribution in [2.45, 2.75) is 46.3 Å². The van der Waals surface area contributed by atoms with Crippen molar-refractivity contribution >= 4 is 28.6 Å². The van der Waals surface area contributed by atoms with Gasteiger partial charge in [-0.25, -0.2) is 9.67 Å². The number of nitrogens with one attached hydrogen (secondary N) is 1. The molecule has 0 aliphatic heterocycles. The van der Waals surface area contributed by atoms with Crippen molar-refractivity contribution < 1.29 is 23.8 Å². The lowest BCUT2D eigenvalue weighted by Gasteiger charge is -2.18. The summed E-state index contributed by atoms with van der Waals surface area (Å²) in [5.74, 6) is 1.05. The Hall–Kier alpha value is -5.45. The standard InChI is InChI=1S/C33H33N5O6/c1-5-9-30(39)43-21(2)20-37-22(3)31(33(41)38(37)23-10-7-6-8-11-23)32(40)36-29-15-13-25(19-35-29)44-28-16-17-34-27-18-24(42-4)12-14-26(27)28/h6-8,10-19,21H,5,9,20H2,1-4H3,(H,35,36,40)/t21-/m1/s1. The highest BCUT2D eigenvalue weighted by Gasteiger charge is 2.25. The molecule has 226 valence electrons. The van der Waals surface area contributed by atoms with Gasteiger partial charge >= 0.3 is 5.97 Å². The predicted molar refractivity (Wildman–Crippen MR) is 166 cm³/mol. The zero-order valence-corrected chi connectivity index (χ0v) is 24.9. The SMILES string of the molecule is CCCC(=O)O[C@H](C)Cn1c(C)c(C(=O)Nc2ccc(Oc3ccnc4cc(OC)ccc34)cn2)c(=O)n1-c1ccccc1. The lowest BCUT2D eigenvalue weighted by molar-refractivity contribution is -0.149. The summed E-state index contributed by atoms with van der Waals surface area (Å²) >= 11 is 0. The number of carbonyl (C=O) groups is 2. The molecule has 0 unspecified atom stereocenters. The maximum Gasteiger partial charge on any atom is 0.306 e. The van der Waals surface area contributed by atoms with E-state index in [1.165, 1.54) is 10.9 Å². The van der Waals surface area contributed by atoms with Crippen LogP contribution in [0.2, 0.25) is 0 Å². The summed E-state index contributed by atoms with van der Waals surface area (Å²) in [6, 6.07) is 19.5. The van der Waals surface area contributed by atoms with Crippen molar-refractivity contribution in [3.8, 4) is 22.9 Å². The number of methoxy groups -OCH3 is 1. The van der Waals surface area contributed by atoms with E-state index >= 15 is 0 Å². The van der Waals surface area contributed by atoms with Crippen molar-refractivity contribution in [1.82, 2.24) is 19.3 Å².